The van der Waals surface area contributed by atoms with E-state index in [4.69, 9.17) is 11.6 Å². The van der Waals surface area contributed by atoms with Crippen LogP contribution in [-0.2, 0) is 0 Å². The maximum atomic E-state index is 13.9. The molecule has 0 aliphatic carbocycles. The number of piperidine rings is 1. The van der Waals surface area contributed by atoms with Crippen LogP contribution >= 0.6 is 11.6 Å². The quantitative estimate of drug-likeness (QED) is 0.472. The minimum atomic E-state index is -0.712. The van der Waals surface area contributed by atoms with Gasteiger partial charge in [-0.05, 0) is 66.9 Å². The first kappa shape index (κ1) is 22.7. The zero-order valence-electron chi connectivity index (χ0n) is 17.7. The molecule has 0 saturated carbocycles. The highest BCUT2D eigenvalue weighted by Crippen LogP contribution is 2.28. The van der Waals surface area contributed by atoms with Gasteiger partial charge in [-0.25, -0.2) is 13.6 Å². The van der Waals surface area contributed by atoms with Crippen LogP contribution in [0.1, 0.15) is 34.7 Å². The van der Waals surface area contributed by atoms with E-state index in [1.54, 1.807) is 47.4 Å². The fourth-order valence-electron chi connectivity index (χ4n) is 3.89. The van der Waals surface area contributed by atoms with Crippen LogP contribution in [0.5, 0.6) is 0 Å². The predicted molar refractivity (Wildman–Crippen MR) is 125 cm³/mol. The molecule has 8 heteroatoms. The standard InChI is InChI=1S/C25H22ClF2N3O2/c26-19-6-9-21(10-7-19)29-25(33)31-12-2-5-18(15-31)16-3-1-4-17(13-16)24(32)30-23-14-20(27)8-11-22(23)28/h1,3-4,6-11,13-14,18H,2,5,12,15H2,(H,29,33)(H,30,32)/t18-/m1/s1. The van der Waals surface area contributed by atoms with Crippen molar-refractivity contribution >= 4 is 34.9 Å². The molecule has 1 heterocycles. The number of hydrogen-bond donors (Lipinski definition) is 2. The summed E-state index contributed by atoms with van der Waals surface area (Å²) in [5.74, 6) is -1.84. The van der Waals surface area contributed by atoms with Crippen molar-refractivity contribution in [3.63, 3.8) is 0 Å². The van der Waals surface area contributed by atoms with E-state index in [9.17, 15) is 18.4 Å². The number of carbonyl (C=O) groups excluding carboxylic acids is 2. The lowest BCUT2D eigenvalue weighted by molar-refractivity contribution is 0.102. The van der Waals surface area contributed by atoms with E-state index in [1.165, 1.54) is 0 Å². The van der Waals surface area contributed by atoms with Crippen LogP contribution in [0.2, 0.25) is 5.02 Å². The zero-order chi connectivity index (χ0) is 23.4. The van der Waals surface area contributed by atoms with Crippen LogP contribution in [0.25, 0.3) is 0 Å². The van der Waals surface area contributed by atoms with Gasteiger partial charge in [0.25, 0.3) is 5.91 Å². The normalized spacial score (nSPS) is 15.7. The van der Waals surface area contributed by atoms with Crippen molar-refractivity contribution in [1.82, 2.24) is 4.90 Å². The van der Waals surface area contributed by atoms with Crippen LogP contribution in [0.3, 0.4) is 0 Å². The summed E-state index contributed by atoms with van der Waals surface area (Å²) >= 11 is 5.89. The molecule has 5 nitrogen and oxygen atoms in total. The van der Waals surface area contributed by atoms with E-state index in [1.807, 2.05) is 6.07 Å². The van der Waals surface area contributed by atoms with Gasteiger partial charge in [0.15, 0.2) is 0 Å². The Bertz CT molecular complexity index is 1170. The van der Waals surface area contributed by atoms with Gasteiger partial charge >= 0.3 is 6.03 Å². The number of halogens is 3. The van der Waals surface area contributed by atoms with Crippen LogP contribution in [-0.4, -0.2) is 29.9 Å². The van der Waals surface area contributed by atoms with E-state index in [0.29, 0.717) is 29.4 Å². The highest BCUT2D eigenvalue weighted by molar-refractivity contribution is 6.30. The molecule has 3 aromatic rings. The summed E-state index contributed by atoms with van der Waals surface area (Å²) in [6.07, 6.45) is 1.69. The number of amides is 3. The molecule has 1 atom stereocenters. The van der Waals surface area contributed by atoms with Gasteiger partial charge in [-0.1, -0.05) is 23.7 Å². The molecule has 1 aliphatic rings. The van der Waals surface area contributed by atoms with Gasteiger partial charge in [-0.15, -0.1) is 0 Å². The second-order valence-electron chi connectivity index (χ2n) is 7.93. The maximum Gasteiger partial charge on any atom is 0.321 e. The van der Waals surface area contributed by atoms with Crippen LogP contribution < -0.4 is 10.6 Å². The van der Waals surface area contributed by atoms with Gasteiger partial charge in [0.05, 0.1) is 5.69 Å². The van der Waals surface area contributed by atoms with Crippen molar-refractivity contribution in [2.75, 3.05) is 23.7 Å². The molecule has 2 N–H and O–H groups in total. The van der Waals surface area contributed by atoms with E-state index in [0.717, 1.165) is 36.6 Å². The van der Waals surface area contributed by atoms with Crippen molar-refractivity contribution in [3.05, 3.63) is 94.5 Å². The van der Waals surface area contributed by atoms with E-state index >= 15 is 0 Å². The smallest absolute Gasteiger partial charge is 0.321 e. The fourth-order valence-corrected chi connectivity index (χ4v) is 4.02. The number of rotatable bonds is 4. The Morgan fingerprint density at radius 1 is 0.970 bits per heavy atom. The van der Waals surface area contributed by atoms with Crippen LogP contribution in [0, 0.1) is 11.6 Å². The minimum Gasteiger partial charge on any atom is -0.324 e. The molecule has 0 aromatic heterocycles. The molecule has 0 spiro atoms. The minimum absolute atomic E-state index is 0.0494. The topological polar surface area (TPSA) is 61.4 Å². The first-order chi connectivity index (χ1) is 15.9. The SMILES string of the molecule is O=C(Nc1cc(F)ccc1F)c1cccc([C@@H]2CCCN(C(=O)Nc3ccc(Cl)cc3)C2)c1. The van der Waals surface area contributed by atoms with Crippen LogP contribution in [0.15, 0.2) is 66.7 Å². The highest BCUT2D eigenvalue weighted by atomic mass is 35.5. The van der Waals surface area contributed by atoms with E-state index in [2.05, 4.69) is 10.6 Å². The van der Waals surface area contributed by atoms with Gasteiger partial charge in [-0.3, -0.25) is 4.79 Å². The molecular weight excluding hydrogens is 448 g/mol. The Morgan fingerprint density at radius 2 is 1.76 bits per heavy atom. The van der Waals surface area contributed by atoms with Crippen molar-refractivity contribution in [3.8, 4) is 0 Å². The third-order valence-corrected chi connectivity index (χ3v) is 5.85. The Balaban J connectivity index is 1.44. The average Bonchev–Trinajstić information content (AvgIpc) is 2.83. The van der Waals surface area contributed by atoms with Crippen molar-refractivity contribution in [1.29, 1.82) is 0 Å². The van der Waals surface area contributed by atoms with Gasteiger partial charge in [0.2, 0.25) is 0 Å². The lowest BCUT2D eigenvalue weighted by Gasteiger charge is -2.33. The van der Waals surface area contributed by atoms with Crippen LogP contribution in [0.4, 0.5) is 25.0 Å². The number of anilines is 2. The van der Waals surface area contributed by atoms with E-state index < -0.39 is 17.5 Å². The summed E-state index contributed by atoms with van der Waals surface area (Å²) in [6.45, 7) is 1.14. The Kier molecular flexibility index (Phi) is 6.89. The summed E-state index contributed by atoms with van der Waals surface area (Å²) in [5, 5.41) is 5.89. The molecule has 33 heavy (non-hydrogen) atoms. The molecule has 0 bridgehead atoms. The Hall–Kier alpha value is -3.45. The van der Waals surface area contributed by atoms with Gasteiger partial charge in [0.1, 0.15) is 11.6 Å². The largest absolute Gasteiger partial charge is 0.324 e. The third-order valence-electron chi connectivity index (χ3n) is 5.60. The molecule has 0 radical (unpaired) electrons. The first-order valence-electron chi connectivity index (χ1n) is 10.6. The third kappa shape index (κ3) is 5.68. The lowest BCUT2D eigenvalue weighted by Crippen LogP contribution is -2.41. The Labute approximate surface area is 195 Å². The van der Waals surface area contributed by atoms with Gasteiger partial charge < -0.3 is 15.5 Å². The molecule has 0 unspecified atom stereocenters. The summed E-state index contributed by atoms with van der Waals surface area (Å²) < 4.78 is 27.3. The number of nitrogens with zero attached hydrogens (tertiary/aromatic N) is 1. The van der Waals surface area contributed by atoms with Gasteiger partial charge in [-0.2, -0.15) is 0 Å². The number of benzene rings is 3. The Morgan fingerprint density at radius 3 is 2.55 bits per heavy atom. The highest BCUT2D eigenvalue weighted by Gasteiger charge is 2.25. The molecular formula is C25H22ClF2N3O2. The first-order valence-corrected chi connectivity index (χ1v) is 10.9. The summed E-state index contributed by atoms with van der Waals surface area (Å²) in [6, 6.07) is 16.6. The van der Waals surface area contributed by atoms with Gasteiger partial charge in [0, 0.05) is 41.3 Å². The average molecular weight is 470 g/mol. The van der Waals surface area contributed by atoms with Crippen molar-refractivity contribution in [2.24, 2.45) is 0 Å². The molecule has 170 valence electrons. The molecule has 1 saturated heterocycles. The monoisotopic (exact) mass is 469 g/mol. The summed E-state index contributed by atoms with van der Waals surface area (Å²) in [5.41, 5.74) is 1.69. The number of likely N-dealkylation sites (tertiary alicyclic amines) is 1. The van der Waals surface area contributed by atoms with E-state index in [-0.39, 0.29) is 17.6 Å². The number of nitrogens with one attached hydrogen (secondary N) is 2. The zero-order valence-corrected chi connectivity index (χ0v) is 18.4. The summed E-state index contributed by atoms with van der Waals surface area (Å²) in [7, 11) is 0. The summed E-state index contributed by atoms with van der Waals surface area (Å²) in [4.78, 5) is 27.1. The predicted octanol–water partition coefficient (Wildman–Crippen LogP) is 6.28. The second-order valence-corrected chi connectivity index (χ2v) is 8.36. The fraction of sp³-hybridized carbons (Fsp3) is 0.200. The van der Waals surface area contributed by atoms with Crippen molar-refractivity contribution < 1.29 is 18.4 Å². The molecule has 4 rings (SSSR count). The number of carbonyl (C=O) groups is 2. The number of hydrogen-bond acceptors (Lipinski definition) is 2. The molecule has 3 amide bonds. The second kappa shape index (κ2) is 10.0. The molecule has 3 aromatic carbocycles. The molecule has 1 aliphatic heterocycles. The molecule has 1 fully saturated rings. The number of urea groups is 1. The van der Waals surface area contributed by atoms with Crippen molar-refractivity contribution in [2.45, 2.75) is 18.8 Å². The maximum absolute atomic E-state index is 13.9. The lowest BCUT2D eigenvalue weighted by atomic mass is 9.89.